The third-order valence-electron chi connectivity index (χ3n) is 3.12. The van der Waals surface area contributed by atoms with Crippen LogP contribution in [0.1, 0.15) is 0 Å². The molecular formula is C15H9NO. The molecule has 0 amide bonds. The topological polar surface area (TPSA) is 26.0 Å². The third kappa shape index (κ3) is 1.12. The lowest BCUT2D eigenvalue weighted by molar-refractivity contribution is 0.671. The van der Waals surface area contributed by atoms with Gasteiger partial charge in [0.25, 0.3) is 0 Å². The van der Waals surface area contributed by atoms with Gasteiger partial charge in [0, 0.05) is 22.4 Å². The Bertz CT molecular complexity index is 845. The second-order valence-electron chi connectivity index (χ2n) is 4.12. The first-order valence-electron chi connectivity index (χ1n) is 5.58. The maximum atomic E-state index is 5.90. The molecule has 0 aliphatic rings. The van der Waals surface area contributed by atoms with Gasteiger partial charge in [-0.1, -0.05) is 30.3 Å². The summed E-state index contributed by atoms with van der Waals surface area (Å²) >= 11 is 0. The molecule has 0 atom stereocenters. The Balaban J connectivity index is 2.34. The van der Waals surface area contributed by atoms with Crippen LogP contribution in [0.3, 0.4) is 0 Å². The van der Waals surface area contributed by atoms with Crippen LogP contribution >= 0.6 is 0 Å². The molecule has 0 fully saturated rings. The lowest BCUT2D eigenvalue weighted by Gasteiger charge is -1.96. The van der Waals surface area contributed by atoms with Crippen LogP contribution in [0, 0.1) is 0 Å². The van der Waals surface area contributed by atoms with Crippen LogP contribution in [-0.4, -0.2) is 4.98 Å². The van der Waals surface area contributed by atoms with Gasteiger partial charge in [-0.25, -0.2) is 0 Å². The van der Waals surface area contributed by atoms with Gasteiger partial charge in [-0.05, 0) is 18.2 Å². The normalized spacial score (nSPS) is 11.5. The van der Waals surface area contributed by atoms with Gasteiger partial charge in [-0.2, -0.15) is 0 Å². The van der Waals surface area contributed by atoms with E-state index in [4.69, 9.17) is 4.42 Å². The van der Waals surface area contributed by atoms with E-state index in [1.807, 2.05) is 24.3 Å². The summed E-state index contributed by atoms with van der Waals surface area (Å²) in [5, 5.41) is 3.39. The zero-order valence-electron chi connectivity index (χ0n) is 9.05. The molecule has 4 aromatic rings. The minimum Gasteiger partial charge on any atom is -0.454 e. The molecule has 0 unspecified atom stereocenters. The molecule has 0 aliphatic carbocycles. The summed E-state index contributed by atoms with van der Waals surface area (Å²) in [5.41, 5.74) is 2.73. The zero-order chi connectivity index (χ0) is 11.2. The van der Waals surface area contributed by atoms with Crippen LogP contribution in [0.25, 0.3) is 32.8 Å². The molecule has 2 aromatic carbocycles. The van der Waals surface area contributed by atoms with Gasteiger partial charge in [0.05, 0.1) is 0 Å². The number of benzene rings is 2. The fraction of sp³-hybridized carbons (Fsp3) is 0. The van der Waals surface area contributed by atoms with Crippen molar-refractivity contribution < 1.29 is 4.42 Å². The van der Waals surface area contributed by atoms with E-state index >= 15 is 0 Å². The highest BCUT2D eigenvalue weighted by atomic mass is 16.3. The van der Waals surface area contributed by atoms with Gasteiger partial charge in [-0.15, -0.1) is 0 Å². The highest BCUT2D eigenvalue weighted by molar-refractivity contribution is 6.13. The zero-order valence-corrected chi connectivity index (χ0v) is 9.05. The molecule has 17 heavy (non-hydrogen) atoms. The molecule has 2 heteroatoms. The predicted molar refractivity (Wildman–Crippen MR) is 69.0 cm³/mol. The number of furan rings is 1. The van der Waals surface area contributed by atoms with E-state index in [2.05, 4.69) is 29.2 Å². The van der Waals surface area contributed by atoms with Crippen molar-refractivity contribution in [2.75, 3.05) is 0 Å². The SMILES string of the molecule is c1cnc2c(c1)ccc1c3ccccc3oc12. The van der Waals surface area contributed by atoms with Crippen LogP contribution in [0.4, 0.5) is 0 Å². The fourth-order valence-electron chi connectivity index (χ4n) is 2.32. The molecule has 0 bridgehead atoms. The molecule has 0 radical (unpaired) electrons. The van der Waals surface area contributed by atoms with Gasteiger partial charge in [0.15, 0.2) is 5.58 Å². The molecule has 2 heterocycles. The maximum absolute atomic E-state index is 5.90. The van der Waals surface area contributed by atoms with Crippen LogP contribution < -0.4 is 0 Å². The molecule has 0 aliphatic heterocycles. The monoisotopic (exact) mass is 219 g/mol. The first-order chi connectivity index (χ1) is 8.43. The number of aromatic nitrogens is 1. The molecule has 80 valence electrons. The van der Waals surface area contributed by atoms with Crippen LogP contribution in [0.15, 0.2) is 59.1 Å². The second-order valence-corrected chi connectivity index (χ2v) is 4.12. The summed E-state index contributed by atoms with van der Waals surface area (Å²) in [6.07, 6.45) is 1.80. The van der Waals surface area contributed by atoms with E-state index in [0.717, 1.165) is 32.8 Å². The summed E-state index contributed by atoms with van der Waals surface area (Å²) in [6.45, 7) is 0. The number of hydrogen-bond donors (Lipinski definition) is 0. The van der Waals surface area contributed by atoms with E-state index in [1.165, 1.54) is 0 Å². The van der Waals surface area contributed by atoms with Crippen molar-refractivity contribution in [2.45, 2.75) is 0 Å². The van der Waals surface area contributed by atoms with Crippen molar-refractivity contribution in [3.63, 3.8) is 0 Å². The van der Waals surface area contributed by atoms with Crippen molar-refractivity contribution in [2.24, 2.45) is 0 Å². The van der Waals surface area contributed by atoms with Gasteiger partial charge < -0.3 is 4.42 Å². The van der Waals surface area contributed by atoms with Crippen molar-refractivity contribution in [1.82, 2.24) is 4.98 Å². The fourth-order valence-corrected chi connectivity index (χ4v) is 2.32. The molecule has 0 N–H and O–H groups in total. The van der Waals surface area contributed by atoms with E-state index in [0.29, 0.717) is 0 Å². The number of para-hydroxylation sites is 1. The van der Waals surface area contributed by atoms with Gasteiger partial charge in [0.1, 0.15) is 11.1 Å². The Morgan fingerprint density at radius 1 is 0.824 bits per heavy atom. The van der Waals surface area contributed by atoms with E-state index in [9.17, 15) is 0 Å². The van der Waals surface area contributed by atoms with Gasteiger partial charge >= 0.3 is 0 Å². The Morgan fingerprint density at radius 2 is 1.76 bits per heavy atom. The summed E-state index contributed by atoms with van der Waals surface area (Å²) in [7, 11) is 0. The van der Waals surface area contributed by atoms with Crippen LogP contribution in [0.5, 0.6) is 0 Å². The maximum Gasteiger partial charge on any atom is 0.161 e. The minimum atomic E-state index is 0.879. The van der Waals surface area contributed by atoms with Crippen LogP contribution in [0.2, 0.25) is 0 Å². The highest BCUT2D eigenvalue weighted by Crippen LogP contribution is 2.32. The van der Waals surface area contributed by atoms with Crippen molar-refractivity contribution in [3.05, 3.63) is 54.7 Å². The summed E-state index contributed by atoms with van der Waals surface area (Å²) in [4.78, 5) is 4.41. The van der Waals surface area contributed by atoms with Gasteiger partial charge in [-0.3, -0.25) is 4.98 Å². The van der Waals surface area contributed by atoms with Crippen LogP contribution in [-0.2, 0) is 0 Å². The average molecular weight is 219 g/mol. The Hall–Kier alpha value is -2.35. The second kappa shape index (κ2) is 3.08. The molecule has 2 aromatic heterocycles. The summed E-state index contributed by atoms with van der Waals surface area (Å²) in [5.74, 6) is 0. The Kier molecular flexibility index (Phi) is 1.59. The lowest BCUT2D eigenvalue weighted by Crippen LogP contribution is -1.77. The molecule has 0 saturated heterocycles. The van der Waals surface area contributed by atoms with E-state index < -0.39 is 0 Å². The first kappa shape index (κ1) is 8.76. The third-order valence-corrected chi connectivity index (χ3v) is 3.12. The standard InChI is InChI=1S/C15H9NO/c1-2-6-13-11(5-1)12-8-7-10-4-3-9-16-14(10)15(12)17-13/h1-9H. The Labute approximate surface area is 97.5 Å². The number of hydrogen-bond acceptors (Lipinski definition) is 2. The largest absolute Gasteiger partial charge is 0.454 e. The van der Waals surface area contributed by atoms with Crippen molar-refractivity contribution >= 4 is 32.8 Å². The molecular weight excluding hydrogens is 210 g/mol. The summed E-state index contributed by atoms with van der Waals surface area (Å²) in [6, 6.07) is 16.3. The van der Waals surface area contributed by atoms with Crippen molar-refractivity contribution in [3.8, 4) is 0 Å². The van der Waals surface area contributed by atoms with E-state index in [1.54, 1.807) is 6.20 Å². The average Bonchev–Trinajstić information content (AvgIpc) is 2.78. The lowest BCUT2D eigenvalue weighted by atomic mass is 10.1. The minimum absolute atomic E-state index is 0.879. The number of fused-ring (bicyclic) bond motifs is 5. The van der Waals surface area contributed by atoms with Crippen molar-refractivity contribution in [1.29, 1.82) is 0 Å². The number of rotatable bonds is 0. The quantitative estimate of drug-likeness (QED) is 0.444. The highest BCUT2D eigenvalue weighted by Gasteiger charge is 2.09. The van der Waals surface area contributed by atoms with E-state index in [-0.39, 0.29) is 0 Å². The molecule has 0 saturated carbocycles. The molecule has 4 rings (SSSR count). The molecule has 0 spiro atoms. The first-order valence-corrected chi connectivity index (χ1v) is 5.58. The number of pyridine rings is 1. The summed E-state index contributed by atoms with van der Waals surface area (Å²) < 4.78 is 5.90. The smallest absolute Gasteiger partial charge is 0.161 e. The number of nitrogens with zero attached hydrogens (tertiary/aromatic N) is 1. The predicted octanol–water partition coefficient (Wildman–Crippen LogP) is 4.13. The Morgan fingerprint density at radius 3 is 2.76 bits per heavy atom. The molecule has 2 nitrogen and oxygen atoms in total. The van der Waals surface area contributed by atoms with Gasteiger partial charge in [0.2, 0.25) is 0 Å².